The molecule has 3 rings (SSSR count). The first-order chi connectivity index (χ1) is 15.9. The lowest BCUT2D eigenvalue weighted by Crippen LogP contribution is -2.51. The number of rotatable bonds is 8. The molecule has 1 unspecified atom stereocenters. The van der Waals surface area contributed by atoms with Crippen LogP contribution in [0.25, 0.3) is 0 Å². The van der Waals surface area contributed by atoms with Gasteiger partial charge < -0.3 is 23.8 Å². The second-order valence-electron chi connectivity index (χ2n) is 7.60. The predicted octanol–water partition coefficient (Wildman–Crippen LogP) is 2.97. The van der Waals surface area contributed by atoms with Crippen molar-refractivity contribution >= 4 is 23.5 Å². The molecular weight excluding hydrogens is 448 g/mol. The van der Waals surface area contributed by atoms with Crippen LogP contribution in [-0.4, -0.2) is 76.3 Å². The second-order valence-corrected chi connectivity index (χ2v) is 8.04. The lowest BCUT2D eigenvalue weighted by molar-refractivity contribution is -0.148. The van der Waals surface area contributed by atoms with E-state index < -0.39 is 6.04 Å². The van der Waals surface area contributed by atoms with Gasteiger partial charge in [0.15, 0.2) is 11.5 Å². The predicted molar refractivity (Wildman–Crippen MR) is 124 cm³/mol. The van der Waals surface area contributed by atoms with Crippen molar-refractivity contribution in [2.24, 2.45) is 0 Å². The summed E-state index contributed by atoms with van der Waals surface area (Å²) in [7, 11) is 6.00. The molecule has 0 saturated carbocycles. The van der Waals surface area contributed by atoms with E-state index in [1.807, 2.05) is 17.0 Å². The molecule has 33 heavy (non-hydrogen) atoms. The molecule has 0 aromatic heterocycles. The molecule has 1 amide bonds. The summed E-state index contributed by atoms with van der Waals surface area (Å²) in [6.45, 7) is 2.10. The highest BCUT2D eigenvalue weighted by atomic mass is 35.5. The quantitative estimate of drug-likeness (QED) is 0.542. The maximum atomic E-state index is 13.0. The minimum Gasteiger partial charge on any atom is -0.493 e. The van der Waals surface area contributed by atoms with Gasteiger partial charge in [-0.25, -0.2) is 4.79 Å². The smallest absolute Gasteiger partial charge is 0.327 e. The molecule has 178 valence electrons. The number of nitrogens with zero attached hydrogens (tertiary/aromatic N) is 2. The number of esters is 1. The minimum absolute atomic E-state index is 0.00923. The number of methoxy groups -OCH3 is 4. The Labute approximate surface area is 198 Å². The Balaban J connectivity index is 1.68. The minimum atomic E-state index is -0.542. The molecule has 1 aliphatic heterocycles. The summed E-state index contributed by atoms with van der Waals surface area (Å²) in [5.41, 5.74) is 1.58. The zero-order valence-electron chi connectivity index (χ0n) is 19.3. The standard InChI is InChI=1S/C24H29ClN2O6/c1-30-19-13-16(14-20(31-2)23(19)32-3)15-21(28)26-9-11-27(12-10-26)22(24(29)33-4)17-5-7-18(25)8-6-17/h5-8,13-14,22H,9-12,15H2,1-4H3. The van der Waals surface area contributed by atoms with Crippen LogP contribution in [0.3, 0.4) is 0 Å². The van der Waals surface area contributed by atoms with E-state index in [0.29, 0.717) is 48.5 Å². The summed E-state index contributed by atoms with van der Waals surface area (Å²) in [6, 6.07) is 10.2. The maximum Gasteiger partial charge on any atom is 0.327 e. The molecule has 0 radical (unpaired) electrons. The third-order valence-electron chi connectivity index (χ3n) is 5.72. The number of benzene rings is 2. The first kappa shape index (κ1) is 24.7. The molecule has 0 bridgehead atoms. The van der Waals surface area contributed by atoms with Crippen LogP contribution in [0.4, 0.5) is 0 Å². The van der Waals surface area contributed by atoms with Crippen molar-refractivity contribution in [2.75, 3.05) is 54.6 Å². The van der Waals surface area contributed by atoms with E-state index >= 15 is 0 Å². The van der Waals surface area contributed by atoms with Crippen LogP contribution < -0.4 is 14.2 Å². The molecule has 8 nitrogen and oxygen atoms in total. The van der Waals surface area contributed by atoms with Crippen LogP contribution >= 0.6 is 11.6 Å². The molecule has 0 aliphatic carbocycles. The third-order valence-corrected chi connectivity index (χ3v) is 5.97. The van der Waals surface area contributed by atoms with E-state index in [9.17, 15) is 9.59 Å². The van der Waals surface area contributed by atoms with Gasteiger partial charge in [-0.3, -0.25) is 9.69 Å². The Morgan fingerprint density at radius 1 is 0.909 bits per heavy atom. The Morgan fingerprint density at radius 3 is 1.97 bits per heavy atom. The molecular formula is C24H29ClN2O6. The number of ether oxygens (including phenoxy) is 4. The molecule has 1 saturated heterocycles. The summed E-state index contributed by atoms with van der Waals surface area (Å²) < 4.78 is 21.1. The van der Waals surface area contributed by atoms with Crippen molar-refractivity contribution in [2.45, 2.75) is 12.5 Å². The highest BCUT2D eigenvalue weighted by Crippen LogP contribution is 2.38. The fourth-order valence-electron chi connectivity index (χ4n) is 4.01. The van der Waals surface area contributed by atoms with Crippen molar-refractivity contribution in [1.82, 2.24) is 9.80 Å². The van der Waals surface area contributed by atoms with Crippen LogP contribution in [0, 0.1) is 0 Å². The Bertz CT molecular complexity index is 948. The third kappa shape index (κ3) is 5.69. The van der Waals surface area contributed by atoms with Crippen molar-refractivity contribution in [3.05, 3.63) is 52.5 Å². The molecule has 0 spiro atoms. The van der Waals surface area contributed by atoms with Crippen molar-refractivity contribution in [3.63, 3.8) is 0 Å². The molecule has 9 heteroatoms. The number of hydrogen-bond acceptors (Lipinski definition) is 7. The van der Waals surface area contributed by atoms with Crippen LogP contribution in [-0.2, 0) is 20.7 Å². The van der Waals surface area contributed by atoms with Gasteiger partial charge in [-0.1, -0.05) is 23.7 Å². The molecule has 1 atom stereocenters. The van der Waals surface area contributed by atoms with Crippen molar-refractivity contribution in [1.29, 1.82) is 0 Å². The number of amides is 1. The zero-order valence-corrected chi connectivity index (χ0v) is 20.1. The zero-order chi connectivity index (χ0) is 24.0. The summed E-state index contributed by atoms with van der Waals surface area (Å²) >= 11 is 5.99. The number of piperazine rings is 1. The number of carbonyl (C=O) groups excluding carboxylic acids is 2. The average molecular weight is 477 g/mol. The van der Waals surface area contributed by atoms with Gasteiger partial charge in [0.2, 0.25) is 11.7 Å². The normalized spacial score (nSPS) is 15.0. The van der Waals surface area contributed by atoms with E-state index in [4.69, 9.17) is 30.5 Å². The molecule has 1 fully saturated rings. The van der Waals surface area contributed by atoms with E-state index in [1.54, 1.807) is 43.4 Å². The fraction of sp³-hybridized carbons (Fsp3) is 0.417. The van der Waals surface area contributed by atoms with Gasteiger partial charge in [0.05, 0.1) is 34.9 Å². The Kier molecular flexibility index (Phi) is 8.41. The monoisotopic (exact) mass is 476 g/mol. The topological polar surface area (TPSA) is 77.5 Å². The van der Waals surface area contributed by atoms with Gasteiger partial charge >= 0.3 is 5.97 Å². The maximum absolute atomic E-state index is 13.0. The van der Waals surface area contributed by atoms with Crippen LogP contribution in [0.15, 0.2) is 36.4 Å². The highest BCUT2D eigenvalue weighted by molar-refractivity contribution is 6.30. The van der Waals surface area contributed by atoms with Crippen molar-refractivity contribution < 1.29 is 28.5 Å². The van der Waals surface area contributed by atoms with Gasteiger partial charge in [0, 0.05) is 31.2 Å². The van der Waals surface area contributed by atoms with Crippen molar-refractivity contribution in [3.8, 4) is 17.2 Å². The van der Waals surface area contributed by atoms with Crippen LogP contribution in [0.1, 0.15) is 17.2 Å². The Hall–Kier alpha value is -2.97. The van der Waals surface area contributed by atoms with Gasteiger partial charge in [0.1, 0.15) is 6.04 Å². The van der Waals surface area contributed by atoms with Crippen LogP contribution in [0.2, 0.25) is 5.02 Å². The summed E-state index contributed by atoms with van der Waals surface area (Å²) in [6.07, 6.45) is 0.203. The van der Waals surface area contributed by atoms with E-state index in [-0.39, 0.29) is 18.3 Å². The summed E-state index contributed by atoms with van der Waals surface area (Å²) in [5, 5.41) is 0.601. The molecule has 2 aromatic rings. The summed E-state index contributed by atoms with van der Waals surface area (Å²) in [5.74, 6) is 1.15. The fourth-order valence-corrected chi connectivity index (χ4v) is 4.13. The van der Waals surface area contributed by atoms with Gasteiger partial charge in [-0.15, -0.1) is 0 Å². The largest absolute Gasteiger partial charge is 0.493 e. The van der Waals surface area contributed by atoms with E-state index in [1.165, 1.54) is 14.2 Å². The second kappa shape index (κ2) is 11.2. The molecule has 1 aliphatic rings. The Morgan fingerprint density at radius 2 is 1.48 bits per heavy atom. The summed E-state index contributed by atoms with van der Waals surface area (Å²) in [4.78, 5) is 29.3. The van der Waals surface area contributed by atoms with Crippen LogP contribution in [0.5, 0.6) is 17.2 Å². The highest BCUT2D eigenvalue weighted by Gasteiger charge is 2.32. The molecule has 2 aromatic carbocycles. The van der Waals surface area contributed by atoms with E-state index in [2.05, 4.69) is 0 Å². The van der Waals surface area contributed by atoms with Gasteiger partial charge in [0.25, 0.3) is 0 Å². The van der Waals surface area contributed by atoms with Gasteiger partial charge in [-0.05, 0) is 35.4 Å². The number of halogens is 1. The first-order valence-electron chi connectivity index (χ1n) is 10.6. The SMILES string of the molecule is COC(=O)C(c1ccc(Cl)cc1)N1CCN(C(=O)Cc2cc(OC)c(OC)c(OC)c2)CC1. The molecule has 0 N–H and O–H groups in total. The van der Waals surface area contributed by atoms with E-state index in [0.717, 1.165) is 11.1 Å². The number of hydrogen-bond donors (Lipinski definition) is 0. The van der Waals surface area contributed by atoms with Gasteiger partial charge in [-0.2, -0.15) is 0 Å². The lowest BCUT2D eigenvalue weighted by atomic mass is 10.0. The molecule has 1 heterocycles. The first-order valence-corrected chi connectivity index (χ1v) is 10.9. The number of carbonyl (C=O) groups is 2. The lowest BCUT2D eigenvalue weighted by Gasteiger charge is -2.38. The average Bonchev–Trinajstić information content (AvgIpc) is 2.84.